The highest BCUT2D eigenvalue weighted by Gasteiger charge is 2.07. The number of carbonyl (C=O) groups excluding carboxylic acids is 1. The first-order chi connectivity index (χ1) is 17.5. The lowest BCUT2D eigenvalue weighted by atomic mass is 9.94. The van der Waals surface area contributed by atoms with Crippen LogP contribution < -0.4 is 9.47 Å². The Balaban J connectivity index is 1.47. The van der Waals surface area contributed by atoms with E-state index in [0.717, 1.165) is 30.8 Å². The van der Waals surface area contributed by atoms with E-state index in [1.54, 1.807) is 14.0 Å². The van der Waals surface area contributed by atoms with Gasteiger partial charge in [0.2, 0.25) is 0 Å². The molecule has 0 aliphatic rings. The third-order valence-electron chi connectivity index (χ3n) is 6.19. The van der Waals surface area contributed by atoms with Crippen molar-refractivity contribution in [1.29, 1.82) is 0 Å². The van der Waals surface area contributed by atoms with Crippen LogP contribution in [0.25, 0.3) is 11.1 Å². The number of rotatable bonds is 14. The molecule has 4 nitrogen and oxygen atoms in total. The molecule has 190 valence electrons. The Hall–Kier alpha value is -3.53. The van der Waals surface area contributed by atoms with E-state index in [1.165, 1.54) is 40.7 Å². The fraction of sp³-hybridized carbons (Fsp3) is 0.344. The second-order valence-electron chi connectivity index (χ2n) is 9.04. The summed E-state index contributed by atoms with van der Waals surface area (Å²) in [6.45, 7) is 8.26. The van der Waals surface area contributed by atoms with Gasteiger partial charge in [-0.05, 0) is 91.1 Å². The van der Waals surface area contributed by atoms with Gasteiger partial charge in [-0.1, -0.05) is 56.0 Å². The maximum absolute atomic E-state index is 11.4. The van der Waals surface area contributed by atoms with E-state index < -0.39 is 0 Å². The van der Waals surface area contributed by atoms with Gasteiger partial charge >= 0.3 is 5.97 Å². The zero-order valence-electron chi connectivity index (χ0n) is 21.8. The van der Waals surface area contributed by atoms with Gasteiger partial charge in [0.15, 0.2) is 0 Å². The molecule has 36 heavy (non-hydrogen) atoms. The van der Waals surface area contributed by atoms with Crippen LogP contribution in [0.4, 0.5) is 0 Å². The van der Waals surface area contributed by atoms with Crippen molar-refractivity contribution in [2.24, 2.45) is 0 Å². The number of methoxy groups -OCH3 is 1. The summed E-state index contributed by atoms with van der Waals surface area (Å²) in [6.07, 6.45) is 6.17. The number of benzene rings is 3. The fourth-order valence-electron chi connectivity index (χ4n) is 4.09. The average molecular weight is 487 g/mol. The number of carbonyl (C=O) groups is 1. The van der Waals surface area contributed by atoms with Gasteiger partial charge in [-0.15, -0.1) is 0 Å². The molecular formula is C32H38O4. The number of esters is 1. The van der Waals surface area contributed by atoms with Gasteiger partial charge < -0.3 is 14.2 Å². The van der Waals surface area contributed by atoms with Crippen molar-refractivity contribution in [3.63, 3.8) is 0 Å². The predicted molar refractivity (Wildman–Crippen MR) is 147 cm³/mol. The Morgan fingerprint density at radius 3 is 2.08 bits per heavy atom. The summed E-state index contributed by atoms with van der Waals surface area (Å²) in [5.41, 5.74) is 7.02. The lowest BCUT2D eigenvalue weighted by molar-refractivity contribution is -0.139. The molecule has 0 unspecified atom stereocenters. The van der Waals surface area contributed by atoms with E-state index in [4.69, 9.17) is 14.2 Å². The van der Waals surface area contributed by atoms with E-state index >= 15 is 0 Å². The summed E-state index contributed by atoms with van der Waals surface area (Å²) >= 11 is 0. The molecule has 3 aromatic rings. The predicted octanol–water partition coefficient (Wildman–Crippen LogP) is 7.38. The van der Waals surface area contributed by atoms with Crippen LogP contribution in [0.1, 0.15) is 49.8 Å². The van der Waals surface area contributed by atoms with Crippen LogP contribution in [0, 0.1) is 0 Å². The lowest BCUT2D eigenvalue weighted by Gasteiger charge is -2.12. The summed E-state index contributed by atoms with van der Waals surface area (Å²) < 4.78 is 16.1. The smallest absolute Gasteiger partial charge is 0.333 e. The molecule has 0 radical (unpaired) electrons. The van der Waals surface area contributed by atoms with Crippen molar-refractivity contribution in [2.45, 2.75) is 52.4 Å². The van der Waals surface area contributed by atoms with Crippen LogP contribution in [0.15, 0.2) is 78.9 Å². The minimum atomic E-state index is -0.356. The van der Waals surface area contributed by atoms with Gasteiger partial charge in [-0.25, -0.2) is 4.79 Å². The minimum absolute atomic E-state index is 0.331. The molecule has 0 fully saturated rings. The Morgan fingerprint density at radius 1 is 0.806 bits per heavy atom. The number of aryl methyl sites for hydroxylation is 3. The molecule has 3 rings (SSSR count). The third kappa shape index (κ3) is 8.30. The molecule has 4 heteroatoms. The summed E-state index contributed by atoms with van der Waals surface area (Å²) in [5, 5.41) is 0. The molecule has 0 aromatic heterocycles. The van der Waals surface area contributed by atoms with Gasteiger partial charge in [-0.3, -0.25) is 0 Å². The van der Waals surface area contributed by atoms with Crippen molar-refractivity contribution in [3.05, 3.63) is 95.6 Å². The van der Waals surface area contributed by atoms with Gasteiger partial charge in [0.05, 0.1) is 20.3 Å². The van der Waals surface area contributed by atoms with Crippen LogP contribution in [0.3, 0.4) is 0 Å². The molecule has 0 saturated carbocycles. The van der Waals surface area contributed by atoms with Crippen LogP contribution in [0.5, 0.6) is 11.5 Å². The second kappa shape index (κ2) is 14.1. The molecule has 0 amide bonds. The second-order valence-corrected chi connectivity index (χ2v) is 9.04. The highest BCUT2D eigenvalue weighted by Crippen LogP contribution is 2.28. The average Bonchev–Trinajstić information content (AvgIpc) is 2.91. The van der Waals surface area contributed by atoms with Crippen LogP contribution in [-0.4, -0.2) is 26.3 Å². The highest BCUT2D eigenvalue weighted by atomic mass is 16.5. The SMILES string of the molecule is C=C(C)C(=O)OCCCOc1ccc(-c2ccc(CCCCc3ccc(OC)cc3)cc2CC)cc1. The molecule has 0 aliphatic carbocycles. The molecule has 0 aliphatic heterocycles. The van der Waals surface area contributed by atoms with Gasteiger partial charge in [0.1, 0.15) is 11.5 Å². The van der Waals surface area contributed by atoms with Gasteiger partial charge in [0, 0.05) is 12.0 Å². The van der Waals surface area contributed by atoms with Crippen molar-refractivity contribution in [3.8, 4) is 22.6 Å². The summed E-state index contributed by atoms with van der Waals surface area (Å²) in [7, 11) is 1.70. The molecule has 0 N–H and O–H groups in total. The zero-order chi connectivity index (χ0) is 25.8. The topological polar surface area (TPSA) is 44.8 Å². The fourth-order valence-corrected chi connectivity index (χ4v) is 4.09. The lowest BCUT2D eigenvalue weighted by Crippen LogP contribution is -2.09. The third-order valence-corrected chi connectivity index (χ3v) is 6.19. The van der Waals surface area contributed by atoms with Crippen LogP contribution in [-0.2, 0) is 28.8 Å². The number of unbranched alkanes of at least 4 members (excludes halogenated alkanes) is 1. The summed E-state index contributed by atoms with van der Waals surface area (Å²) in [4.78, 5) is 11.4. The monoisotopic (exact) mass is 486 g/mol. The number of hydrogen-bond acceptors (Lipinski definition) is 4. The summed E-state index contributed by atoms with van der Waals surface area (Å²) in [6, 6.07) is 23.5. The number of ether oxygens (including phenoxy) is 3. The van der Waals surface area contributed by atoms with E-state index in [9.17, 15) is 4.79 Å². The standard InChI is InChI=1S/C32H38O4/c1-5-27-23-26(10-7-6-9-25-11-16-29(34-4)17-12-25)13-20-31(27)28-14-18-30(19-15-28)35-21-8-22-36-32(33)24(2)3/h11-20,23H,2,5-10,21-22H2,1,3-4H3. The maximum atomic E-state index is 11.4. The molecule has 0 saturated heterocycles. The molecule has 0 atom stereocenters. The first-order valence-electron chi connectivity index (χ1n) is 12.8. The summed E-state index contributed by atoms with van der Waals surface area (Å²) in [5.74, 6) is 1.37. The van der Waals surface area contributed by atoms with E-state index in [0.29, 0.717) is 25.2 Å². The molecule has 0 bridgehead atoms. The van der Waals surface area contributed by atoms with Crippen molar-refractivity contribution >= 4 is 5.97 Å². The highest BCUT2D eigenvalue weighted by molar-refractivity contribution is 5.86. The van der Waals surface area contributed by atoms with Crippen LogP contribution >= 0.6 is 0 Å². The Labute approximate surface area is 215 Å². The molecular weight excluding hydrogens is 448 g/mol. The first kappa shape index (κ1) is 27.1. The van der Waals surface area contributed by atoms with Gasteiger partial charge in [0.25, 0.3) is 0 Å². The Morgan fingerprint density at radius 2 is 1.44 bits per heavy atom. The largest absolute Gasteiger partial charge is 0.497 e. The first-order valence-corrected chi connectivity index (χ1v) is 12.8. The van der Waals surface area contributed by atoms with E-state index in [-0.39, 0.29) is 5.97 Å². The minimum Gasteiger partial charge on any atom is -0.497 e. The normalized spacial score (nSPS) is 10.6. The Bertz CT molecular complexity index is 1110. The molecule has 0 heterocycles. The van der Waals surface area contributed by atoms with Crippen molar-refractivity contribution in [2.75, 3.05) is 20.3 Å². The van der Waals surface area contributed by atoms with Crippen LogP contribution in [0.2, 0.25) is 0 Å². The maximum Gasteiger partial charge on any atom is 0.333 e. The van der Waals surface area contributed by atoms with Crippen molar-refractivity contribution in [1.82, 2.24) is 0 Å². The quantitative estimate of drug-likeness (QED) is 0.135. The van der Waals surface area contributed by atoms with E-state index in [1.807, 2.05) is 24.3 Å². The zero-order valence-corrected chi connectivity index (χ0v) is 21.8. The molecule has 0 spiro atoms. The number of hydrogen-bond donors (Lipinski definition) is 0. The molecule has 3 aromatic carbocycles. The Kier molecular flexibility index (Phi) is 10.6. The van der Waals surface area contributed by atoms with E-state index in [2.05, 4.69) is 56.0 Å². The van der Waals surface area contributed by atoms with Gasteiger partial charge in [-0.2, -0.15) is 0 Å². The van der Waals surface area contributed by atoms with Crippen molar-refractivity contribution < 1.29 is 19.0 Å².